The van der Waals surface area contributed by atoms with E-state index in [2.05, 4.69) is 36.0 Å². The molecule has 0 radical (unpaired) electrons. The minimum absolute atomic E-state index is 0.0408. The highest BCUT2D eigenvalue weighted by molar-refractivity contribution is 6.03. The lowest BCUT2D eigenvalue weighted by Gasteiger charge is -2.16. The molecule has 0 spiro atoms. The predicted octanol–water partition coefficient (Wildman–Crippen LogP) is 0.571. The molecule has 0 aromatic carbocycles. The molecule has 0 bridgehead atoms. The highest BCUT2D eigenvalue weighted by Gasteiger charge is 2.12. The summed E-state index contributed by atoms with van der Waals surface area (Å²) in [4.78, 5) is 30.5. The molecule has 1 unspecified atom stereocenters. The Morgan fingerprint density at radius 1 is 1.29 bits per heavy atom. The molecule has 0 aliphatic heterocycles. The zero-order chi connectivity index (χ0) is 20.5. The van der Waals surface area contributed by atoms with Gasteiger partial charge in [-0.1, -0.05) is 5.10 Å². The number of carbonyl (C=O) groups excluding carboxylic acids is 2. The lowest BCUT2D eigenvalue weighted by atomic mass is 10.2. The van der Waals surface area contributed by atoms with Gasteiger partial charge in [-0.15, -0.1) is 5.10 Å². The Balaban J connectivity index is 1.77. The van der Waals surface area contributed by atoms with Gasteiger partial charge in [-0.25, -0.2) is 0 Å². The van der Waals surface area contributed by atoms with Crippen LogP contribution in [0.15, 0.2) is 22.7 Å². The van der Waals surface area contributed by atoms with Gasteiger partial charge in [-0.05, 0) is 46.1 Å². The molecule has 0 saturated heterocycles. The van der Waals surface area contributed by atoms with Gasteiger partial charge in [-0.2, -0.15) is 0 Å². The fourth-order valence-electron chi connectivity index (χ4n) is 2.39. The minimum Gasteiger partial charge on any atom is -0.408 e. The molecule has 28 heavy (non-hydrogen) atoms. The Kier molecular flexibility index (Phi) is 8.02. The molecular formula is C18H27N7O3. The summed E-state index contributed by atoms with van der Waals surface area (Å²) in [5, 5.41) is 15.9. The van der Waals surface area contributed by atoms with Crippen LogP contribution in [0.2, 0.25) is 0 Å². The van der Waals surface area contributed by atoms with E-state index >= 15 is 0 Å². The first kappa shape index (κ1) is 21.5. The lowest BCUT2D eigenvalue weighted by molar-refractivity contribution is -0.120. The molecule has 10 nitrogen and oxygen atoms in total. The van der Waals surface area contributed by atoms with Crippen molar-refractivity contribution in [3.8, 4) is 0 Å². The van der Waals surface area contributed by atoms with Crippen molar-refractivity contribution in [1.29, 1.82) is 0 Å². The third-order valence-electron chi connectivity index (χ3n) is 3.83. The summed E-state index contributed by atoms with van der Waals surface area (Å²) in [5.41, 5.74) is 1.05. The number of aryl methyl sites for hydroxylation is 1. The average Bonchev–Trinajstić information content (AvgIpc) is 3.05. The van der Waals surface area contributed by atoms with E-state index in [4.69, 9.17) is 4.42 Å². The number of rotatable bonds is 10. The first-order chi connectivity index (χ1) is 13.3. The summed E-state index contributed by atoms with van der Waals surface area (Å²) in [6, 6.07) is 3.37. The molecule has 0 aliphatic carbocycles. The minimum atomic E-state index is -0.375. The number of anilines is 1. The number of amides is 2. The Labute approximate surface area is 164 Å². The van der Waals surface area contributed by atoms with Crippen LogP contribution < -0.4 is 16.0 Å². The van der Waals surface area contributed by atoms with Crippen LogP contribution in [-0.2, 0) is 11.3 Å². The predicted molar refractivity (Wildman–Crippen MR) is 104 cm³/mol. The molecule has 2 aromatic rings. The van der Waals surface area contributed by atoms with Gasteiger partial charge in [0.2, 0.25) is 11.8 Å². The van der Waals surface area contributed by atoms with Gasteiger partial charge in [0.05, 0.1) is 12.2 Å². The van der Waals surface area contributed by atoms with Gasteiger partial charge < -0.3 is 20.0 Å². The van der Waals surface area contributed by atoms with Gasteiger partial charge in [0, 0.05) is 31.3 Å². The molecule has 0 aliphatic rings. The number of nitrogens with zero attached hydrogens (tertiary/aromatic N) is 4. The Bertz CT molecular complexity index is 791. The molecule has 2 amide bonds. The molecule has 0 saturated carbocycles. The fourth-order valence-corrected chi connectivity index (χ4v) is 2.39. The van der Waals surface area contributed by atoms with Crippen LogP contribution in [0.3, 0.4) is 0 Å². The summed E-state index contributed by atoms with van der Waals surface area (Å²) in [5.74, 6) is -0.0871. The smallest absolute Gasteiger partial charge is 0.322 e. The van der Waals surface area contributed by atoms with Crippen molar-refractivity contribution in [3.63, 3.8) is 0 Å². The first-order valence-corrected chi connectivity index (χ1v) is 9.04. The third-order valence-corrected chi connectivity index (χ3v) is 3.83. The lowest BCUT2D eigenvalue weighted by Crippen LogP contribution is -2.40. The topological polar surface area (TPSA) is 125 Å². The summed E-state index contributed by atoms with van der Waals surface area (Å²) < 4.78 is 5.13. The van der Waals surface area contributed by atoms with Crippen molar-refractivity contribution in [2.24, 2.45) is 0 Å². The molecule has 2 aromatic heterocycles. The van der Waals surface area contributed by atoms with E-state index in [1.165, 1.54) is 6.20 Å². The molecule has 0 fully saturated rings. The van der Waals surface area contributed by atoms with Crippen LogP contribution in [-0.4, -0.2) is 65.1 Å². The second-order valence-electron chi connectivity index (χ2n) is 6.78. The van der Waals surface area contributed by atoms with Crippen molar-refractivity contribution in [2.45, 2.75) is 32.9 Å². The van der Waals surface area contributed by atoms with Crippen molar-refractivity contribution in [3.05, 3.63) is 35.5 Å². The summed E-state index contributed by atoms with van der Waals surface area (Å²) >= 11 is 0. The van der Waals surface area contributed by atoms with Crippen LogP contribution in [0.25, 0.3) is 0 Å². The van der Waals surface area contributed by atoms with Gasteiger partial charge in [0.1, 0.15) is 0 Å². The second kappa shape index (κ2) is 10.5. The van der Waals surface area contributed by atoms with Crippen LogP contribution in [0.1, 0.15) is 35.3 Å². The normalized spacial score (nSPS) is 12.0. The molecule has 2 heterocycles. The molecule has 10 heteroatoms. The van der Waals surface area contributed by atoms with Crippen molar-refractivity contribution in [2.75, 3.05) is 32.5 Å². The molecule has 152 valence electrons. The van der Waals surface area contributed by atoms with Gasteiger partial charge in [0.15, 0.2) is 0 Å². The summed E-state index contributed by atoms with van der Waals surface area (Å²) in [6.45, 7) is 5.07. The van der Waals surface area contributed by atoms with E-state index in [0.29, 0.717) is 23.7 Å². The van der Waals surface area contributed by atoms with E-state index < -0.39 is 0 Å². The second-order valence-corrected chi connectivity index (χ2v) is 6.78. The zero-order valence-corrected chi connectivity index (χ0v) is 16.7. The van der Waals surface area contributed by atoms with Crippen LogP contribution in [0.4, 0.5) is 6.01 Å². The van der Waals surface area contributed by atoms with Crippen LogP contribution in [0.5, 0.6) is 0 Å². The SMILES string of the molecule is Cc1nnc(NC(=O)c2ccnc(CNCC(=O)NC(C)CCN(C)C)c2)o1. The fraction of sp³-hybridized carbons (Fsp3) is 0.500. The Morgan fingerprint density at radius 2 is 2.07 bits per heavy atom. The van der Waals surface area contributed by atoms with Crippen LogP contribution >= 0.6 is 0 Å². The number of pyridine rings is 1. The van der Waals surface area contributed by atoms with Crippen molar-refractivity contribution >= 4 is 17.8 Å². The zero-order valence-electron chi connectivity index (χ0n) is 16.7. The maximum absolute atomic E-state index is 12.2. The van der Waals surface area contributed by atoms with E-state index in [9.17, 15) is 9.59 Å². The monoisotopic (exact) mass is 389 g/mol. The van der Waals surface area contributed by atoms with Crippen LogP contribution in [0, 0.1) is 6.92 Å². The van der Waals surface area contributed by atoms with E-state index in [0.717, 1.165) is 13.0 Å². The highest BCUT2D eigenvalue weighted by atomic mass is 16.4. The molecule has 2 rings (SSSR count). The van der Waals surface area contributed by atoms with Crippen molar-refractivity contribution < 1.29 is 14.0 Å². The van der Waals surface area contributed by atoms with Crippen molar-refractivity contribution in [1.82, 2.24) is 30.7 Å². The first-order valence-electron chi connectivity index (χ1n) is 9.04. The number of carbonyl (C=O) groups is 2. The van der Waals surface area contributed by atoms with E-state index in [-0.39, 0.29) is 30.4 Å². The average molecular weight is 389 g/mol. The quantitative estimate of drug-likeness (QED) is 0.539. The van der Waals surface area contributed by atoms with Gasteiger partial charge >= 0.3 is 6.01 Å². The Morgan fingerprint density at radius 3 is 2.75 bits per heavy atom. The third kappa shape index (κ3) is 7.41. The maximum Gasteiger partial charge on any atom is 0.322 e. The molecular weight excluding hydrogens is 362 g/mol. The van der Waals surface area contributed by atoms with E-state index in [1.54, 1.807) is 19.1 Å². The number of hydrogen-bond donors (Lipinski definition) is 3. The molecule has 3 N–H and O–H groups in total. The number of aromatic nitrogens is 3. The Hall–Kier alpha value is -2.85. The highest BCUT2D eigenvalue weighted by Crippen LogP contribution is 2.08. The van der Waals surface area contributed by atoms with E-state index in [1.807, 2.05) is 21.0 Å². The largest absolute Gasteiger partial charge is 0.408 e. The number of nitrogens with one attached hydrogen (secondary N) is 3. The summed E-state index contributed by atoms with van der Waals surface area (Å²) in [6.07, 6.45) is 2.42. The van der Waals surface area contributed by atoms with Gasteiger partial charge in [-0.3, -0.25) is 19.9 Å². The summed E-state index contributed by atoms with van der Waals surface area (Å²) in [7, 11) is 4.00. The van der Waals surface area contributed by atoms with Gasteiger partial charge in [0.25, 0.3) is 5.91 Å². The molecule has 1 atom stereocenters. The maximum atomic E-state index is 12.2. The number of hydrogen-bond acceptors (Lipinski definition) is 8. The standard InChI is InChI=1S/C18H27N7O3/c1-12(6-8-25(3)4)21-16(26)11-19-10-15-9-14(5-7-20-15)17(27)22-18-24-23-13(2)28-18/h5,7,9,12,19H,6,8,10-11H2,1-4H3,(H,21,26)(H,22,24,27).